The molecule has 3 aromatic rings. The van der Waals surface area contributed by atoms with Crippen LogP contribution in [0.15, 0.2) is 72.4 Å². The summed E-state index contributed by atoms with van der Waals surface area (Å²) in [6.07, 6.45) is 0.509. The van der Waals surface area contributed by atoms with Gasteiger partial charge in [0, 0.05) is 12.2 Å². The van der Waals surface area contributed by atoms with Gasteiger partial charge in [0.1, 0.15) is 17.3 Å². The third kappa shape index (κ3) is 4.65. The number of carbonyl (C=O) groups is 2. The number of hydrogen-bond donors (Lipinski definition) is 1. The van der Waals surface area contributed by atoms with Crippen LogP contribution in [0, 0.1) is 19.7 Å². The Morgan fingerprint density at radius 1 is 0.939 bits per heavy atom. The van der Waals surface area contributed by atoms with Gasteiger partial charge in [-0.2, -0.15) is 0 Å². The van der Waals surface area contributed by atoms with Gasteiger partial charge in [0.05, 0.1) is 12.7 Å². The molecule has 2 amide bonds. The second-order valence-corrected chi connectivity index (χ2v) is 8.06. The van der Waals surface area contributed by atoms with Gasteiger partial charge in [0.25, 0.3) is 11.8 Å². The molecular formula is C27H25FN2O3. The van der Waals surface area contributed by atoms with E-state index in [1.807, 2.05) is 56.3 Å². The molecule has 33 heavy (non-hydrogen) atoms. The van der Waals surface area contributed by atoms with Crippen LogP contribution in [0.3, 0.4) is 0 Å². The first-order valence-corrected chi connectivity index (χ1v) is 10.7. The molecule has 6 heteroatoms. The molecule has 0 radical (unpaired) electrons. The minimum absolute atomic E-state index is 0.160. The summed E-state index contributed by atoms with van der Waals surface area (Å²) in [5, 5.41) is 3.01. The number of carbonyl (C=O) groups excluding carboxylic acids is 2. The predicted molar refractivity (Wildman–Crippen MR) is 126 cm³/mol. The van der Waals surface area contributed by atoms with Crippen LogP contribution in [0.1, 0.15) is 22.3 Å². The summed E-state index contributed by atoms with van der Waals surface area (Å²) in [4.78, 5) is 28.1. The number of benzene rings is 3. The molecule has 0 fully saturated rings. The lowest BCUT2D eigenvalue weighted by Gasteiger charge is -2.16. The molecular weight excluding hydrogens is 419 g/mol. The Bertz CT molecular complexity index is 1250. The van der Waals surface area contributed by atoms with Crippen molar-refractivity contribution in [2.45, 2.75) is 20.3 Å². The Labute approximate surface area is 192 Å². The number of rotatable bonds is 7. The Morgan fingerprint density at radius 3 is 2.36 bits per heavy atom. The highest BCUT2D eigenvalue weighted by molar-refractivity contribution is 6.36. The van der Waals surface area contributed by atoms with E-state index in [1.165, 1.54) is 17.0 Å². The van der Waals surface area contributed by atoms with Crippen molar-refractivity contribution in [3.63, 3.8) is 0 Å². The molecule has 1 aliphatic heterocycles. The minimum Gasteiger partial charge on any atom is -0.497 e. The first kappa shape index (κ1) is 22.3. The van der Waals surface area contributed by atoms with Gasteiger partial charge >= 0.3 is 0 Å². The van der Waals surface area contributed by atoms with Crippen molar-refractivity contribution in [2.24, 2.45) is 0 Å². The van der Waals surface area contributed by atoms with Gasteiger partial charge in [-0.05, 0) is 67.3 Å². The van der Waals surface area contributed by atoms with Crippen LogP contribution in [-0.4, -0.2) is 30.4 Å². The number of nitrogens with zero attached hydrogens (tertiary/aromatic N) is 1. The van der Waals surface area contributed by atoms with Crippen molar-refractivity contribution >= 4 is 23.1 Å². The van der Waals surface area contributed by atoms with Gasteiger partial charge in [0.15, 0.2) is 0 Å². The van der Waals surface area contributed by atoms with E-state index in [4.69, 9.17) is 4.74 Å². The number of imide groups is 1. The van der Waals surface area contributed by atoms with Gasteiger partial charge in [-0.3, -0.25) is 14.5 Å². The van der Waals surface area contributed by atoms with E-state index >= 15 is 0 Å². The highest BCUT2D eigenvalue weighted by atomic mass is 19.1. The molecule has 0 saturated carbocycles. The van der Waals surface area contributed by atoms with E-state index in [9.17, 15) is 14.0 Å². The van der Waals surface area contributed by atoms with Gasteiger partial charge in [-0.25, -0.2) is 4.39 Å². The molecule has 0 spiro atoms. The number of amides is 2. The Kier molecular flexibility index (Phi) is 6.27. The second kappa shape index (κ2) is 9.28. The van der Waals surface area contributed by atoms with Crippen LogP contribution in [0.2, 0.25) is 0 Å². The number of ether oxygens (including phenoxy) is 1. The third-order valence-electron chi connectivity index (χ3n) is 5.70. The number of nitrogens with one attached hydrogen (secondary N) is 1. The van der Waals surface area contributed by atoms with E-state index in [-0.39, 0.29) is 18.1 Å². The lowest BCUT2D eigenvalue weighted by atomic mass is 9.97. The molecule has 0 unspecified atom stereocenters. The van der Waals surface area contributed by atoms with E-state index in [0.29, 0.717) is 23.2 Å². The lowest BCUT2D eigenvalue weighted by molar-refractivity contribution is -0.136. The summed E-state index contributed by atoms with van der Waals surface area (Å²) in [7, 11) is 1.60. The normalized spacial score (nSPS) is 13.6. The van der Waals surface area contributed by atoms with E-state index in [1.54, 1.807) is 19.2 Å². The van der Waals surface area contributed by atoms with Crippen LogP contribution < -0.4 is 10.1 Å². The molecule has 0 aromatic heterocycles. The molecule has 0 atom stereocenters. The standard InChI is InChI=1S/C27H25FN2O3/c1-17-7-12-23(18(2)15-17)24-25(29-21-6-4-5-20(28)16-21)27(32)30(26(24)31)14-13-19-8-10-22(33-3)11-9-19/h4-12,15-16,29H,13-14H2,1-3H3. The largest absolute Gasteiger partial charge is 0.497 e. The summed E-state index contributed by atoms with van der Waals surface area (Å²) in [6, 6.07) is 19.1. The average molecular weight is 445 g/mol. The van der Waals surface area contributed by atoms with Gasteiger partial charge in [-0.15, -0.1) is 0 Å². The van der Waals surface area contributed by atoms with Crippen molar-refractivity contribution in [1.29, 1.82) is 0 Å². The quantitative estimate of drug-likeness (QED) is 0.528. The highest BCUT2D eigenvalue weighted by Gasteiger charge is 2.39. The Hall–Kier alpha value is -3.93. The van der Waals surface area contributed by atoms with E-state index in [2.05, 4.69) is 5.32 Å². The fraction of sp³-hybridized carbons (Fsp3) is 0.185. The lowest BCUT2D eigenvalue weighted by Crippen LogP contribution is -2.34. The highest BCUT2D eigenvalue weighted by Crippen LogP contribution is 2.33. The monoisotopic (exact) mass is 444 g/mol. The number of halogens is 1. The summed E-state index contributed by atoms with van der Waals surface area (Å²) in [5.41, 5.74) is 4.49. The van der Waals surface area contributed by atoms with Crippen LogP contribution in [0.5, 0.6) is 5.75 Å². The van der Waals surface area contributed by atoms with Crippen molar-refractivity contribution in [1.82, 2.24) is 4.90 Å². The summed E-state index contributed by atoms with van der Waals surface area (Å²) >= 11 is 0. The Morgan fingerprint density at radius 2 is 1.70 bits per heavy atom. The number of aryl methyl sites for hydroxylation is 2. The topological polar surface area (TPSA) is 58.6 Å². The molecule has 168 valence electrons. The first-order valence-electron chi connectivity index (χ1n) is 10.7. The van der Waals surface area contributed by atoms with Crippen LogP contribution in [-0.2, 0) is 16.0 Å². The van der Waals surface area contributed by atoms with Crippen LogP contribution in [0.25, 0.3) is 5.57 Å². The summed E-state index contributed by atoms with van der Waals surface area (Å²) in [5.74, 6) is -0.471. The molecule has 0 saturated heterocycles. The number of hydrogen-bond acceptors (Lipinski definition) is 4. The molecule has 0 aliphatic carbocycles. The van der Waals surface area contributed by atoms with E-state index in [0.717, 1.165) is 22.4 Å². The van der Waals surface area contributed by atoms with Gasteiger partial charge in [0.2, 0.25) is 0 Å². The van der Waals surface area contributed by atoms with Crippen molar-refractivity contribution < 1.29 is 18.7 Å². The maximum Gasteiger partial charge on any atom is 0.278 e. The molecule has 1 heterocycles. The predicted octanol–water partition coefficient (Wildman–Crippen LogP) is 4.89. The second-order valence-electron chi connectivity index (χ2n) is 8.06. The van der Waals surface area contributed by atoms with Crippen molar-refractivity contribution in [3.05, 3.63) is 100 Å². The summed E-state index contributed by atoms with van der Waals surface area (Å²) < 4.78 is 18.9. The average Bonchev–Trinajstić information content (AvgIpc) is 3.02. The molecule has 4 rings (SSSR count). The fourth-order valence-corrected chi connectivity index (χ4v) is 3.98. The molecule has 5 nitrogen and oxygen atoms in total. The zero-order valence-electron chi connectivity index (χ0n) is 18.8. The number of methoxy groups -OCH3 is 1. The Balaban J connectivity index is 1.67. The van der Waals surface area contributed by atoms with Crippen molar-refractivity contribution in [3.8, 4) is 5.75 Å². The zero-order valence-corrected chi connectivity index (χ0v) is 18.8. The maximum atomic E-state index is 13.8. The van der Waals surface area contributed by atoms with E-state index < -0.39 is 11.7 Å². The van der Waals surface area contributed by atoms with Crippen molar-refractivity contribution in [2.75, 3.05) is 19.0 Å². The minimum atomic E-state index is -0.429. The number of anilines is 1. The summed E-state index contributed by atoms with van der Waals surface area (Å²) in [6.45, 7) is 4.11. The molecule has 0 bridgehead atoms. The maximum absolute atomic E-state index is 13.8. The fourth-order valence-electron chi connectivity index (χ4n) is 3.98. The van der Waals surface area contributed by atoms with Gasteiger partial charge in [-0.1, -0.05) is 42.0 Å². The van der Waals surface area contributed by atoms with Gasteiger partial charge < -0.3 is 10.1 Å². The molecule has 1 N–H and O–H groups in total. The molecule has 3 aromatic carbocycles. The smallest absolute Gasteiger partial charge is 0.278 e. The third-order valence-corrected chi connectivity index (χ3v) is 5.70. The van der Waals surface area contributed by atoms with Crippen LogP contribution >= 0.6 is 0 Å². The first-order chi connectivity index (χ1) is 15.9. The van der Waals surface area contributed by atoms with Crippen LogP contribution in [0.4, 0.5) is 10.1 Å². The zero-order chi connectivity index (χ0) is 23.5. The SMILES string of the molecule is COc1ccc(CCN2C(=O)C(Nc3cccc(F)c3)=C(c3ccc(C)cc3C)C2=O)cc1. The molecule has 1 aliphatic rings.